The maximum absolute atomic E-state index is 4.38. The largest absolute Gasteiger partial charge is 0.356 e. The van der Waals surface area contributed by atoms with Gasteiger partial charge in [0.15, 0.2) is 5.96 Å². The van der Waals surface area contributed by atoms with Gasteiger partial charge in [0, 0.05) is 52.4 Å². The molecular weight excluding hydrogens is 322 g/mol. The van der Waals surface area contributed by atoms with E-state index < -0.39 is 0 Å². The molecule has 0 bridgehead atoms. The van der Waals surface area contributed by atoms with Crippen LogP contribution < -0.4 is 10.6 Å². The molecule has 1 saturated heterocycles. The first-order valence-electron chi connectivity index (χ1n) is 10.0. The SMILES string of the molecule is CCN1CCN(C(C)CNC(=NC)NCC(C)c2cccc(C)c2)CC1. The molecule has 0 amide bonds. The summed E-state index contributed by atoms with van der Waals surface area (Å²) in [5, 5.41) is 6.97. The lowest BCUT2D eigenvalue weighted by Gasteiger charge is -2.37. The van der Waals surface area contributed by atoms with E-state index in [4.69, 9.17) is 0 Å². The molecule has 0 aliphatic carbocycles. The van der Waals surface area contributed by atoms with Crippen molar-refractivity contribution in [2.24, 2.45) is 4.99 Å². The van der Waals surface area contributed by atoms with Crippen LogP contribution in [0.25, 0.3) is 0 Å². The number of aryl methyl sites for hydroxylation is 1. The lowest BCUT2D eigenvalue weighted by atomic mass is 9.99. The van der Waals surface area contributed by atoms with Crippen molar-refractivity contribution in [3.8, 4) is 0 Å². The molecule has 0 aromatic heterocycles. The molecule has 1 aromatic carbocycles. The number of nitrogens with zero attached hydrogens (tertiary/aromatic N) is 3. The van der Waals surface area contributed by atoms with Crippen molar-refractivity contribution in [3.05, 3.63) is 35.4 Å². The Balaban J connectivity index is 1.73. The van der Waals surface area contributed by atoms with E-state index in [1.54, 1.807) is 0 Å². The number of benzene rings is 1. The molecule has 1 aliphatic heterocycles. The van der Waals surface area contributed by atoms with Crippen LogP contribution in [0.3, 0.4) is 0 Å². The predicted molar refractivity (Wildman–Crippen MR) is 112 cm³/mol. The molecule has 5 heteroatoms. The summed E-state index contributed by atoms with van der Waals surface area (Å²) in [5.74, 6) is 1.34. The number of piperazine rings is 1. The number of aliphatic imine (C=N–C) groups is 1. The maximum atomic E-state index is 4.38. The third-order valence-corrected chi connectivity index (χ3v) is 5.45. The van der Waals surface area contributed by atoms with Crippen molar-refractivity contribution < 1.29 is 0 Å². The van der Waals surface area contributed by atoms with E-state index in [9.17, 15) is 0 Å². The topological polar surface area (TPSA) is 42.9 Å². The molecule has 2 unspecified atom stereocenters. The summed E-state index contributed by atoms with van der Waals surface area (Å²) in [6, 6.07) is 9.26. The lowest BCUT2D eigenvalue weighted by Crippen LogP contribution is -2.53. The van der Waals surface area contributed by atoms with Crippen LogP contribution in [0.15, 0.2) is 29.3 Å². The molecular formula is C21H37N5. The zero-order chi connectivity index (χ0) is 18.9. The number of rotatable bonds is 7. The molecule has 1 heterocycles. The van der Waals surface area contributed by atoms with Gasteiger partial charge in [0.1, 0.15) is 0 Å². The van der Waals surface area contributed by atoms with Crippen LogP contribution in [0.5, 0.6) is 0 Å². The molecule has 1 aliphatic rings. The van der Waals surface area contributed by atoms with Gasteiger partial charge in [-0.2, -0.15) is 0 Å². The quantitative estimate of drug-likeness (QED) is 0.579. The summed E-state index contributed by atoms with van der Waals surface area (Å²) in [4.78, 5) is 9.47. The molecule has 2 N–H and O–H groups in total. The molecule has 1 aromatic rings. The Labute approximate surface area is 159 Å². The zero-order valence-corrected chi connectivity index (χ0v) is 17.3. The van der Waals surface area contributed by atoms with Crippen LogP contribution in [-0.4, -0.2) is 74.7 Å². The van der Waals surface area contributed by atoms with Crippen LogP contribution in [-0.2, 0) is 0 Å². The molecule has 146 valence electrons. The van der Waals surface area contributed by atoms with E-state index in [0.29, 0.717) is 12.0 Å². The van der Waals surface area contributed by atoms with Crippen molar-refractivity contribution in [1.29, 1.82) is 0 Å². The Bertz CT molecular complexity index is 563. The van der Waals surface area contributed by atoms with Crippen LogP contribution in [0.4, 0.5) is 0 Å². The van der Waals surface area contributed by atoms with E-state index in [-0.39, 0.29) is 0 Å². The minimum atomic E-state index is 0.452. The molecule has 0 radical (unpaired) electrons. The Kier molecular flexibility index (Phi) is 8.39. The summed E-state index contributed by atoms with van der Waals surface area (Å²) < 4.78 is 0. The fourth-order valence-corrected chi connectivity index (χ4v) is 3.46. The first-order valence-corrected chi connectivity index (χ1v) is 10.0. The normalized spacial score (nSPS) is 19.2. The van der Waals surface area contributed by atoms with Crippen molar-refractivity contribution >= 4 is 5.96 Å². The van der Waals surface area contributed by atoms with Crippen molar-refractivity contribution in [1.82, 2.24) is 20.4 Å². The number of guanidine groups is 1. The average molecular weight is 360 g/mol. The lowest BCUT2D eigenvalue weighted by molar-refractivity contribution is 0.107. The van der Waals surface area contributed by atoms with Gasteiger partial charge in [-0.15, -0.1) is 0 Å². The Morgan fingerprint density at radius 1 is 1.12 bits per heavy atom. The van der Waals surface area contributed by atoms with Crippen molar-refractivity contribution in [3.63, 3.8) is 0 Å². The summed E-state index contributed by atoms with van der Waals surface area (Å²) in [6.07, 6.45) is 0. The van der Waals surface area contributed by atoms with Gasteiger partial charge in [-0.1, -0.05) is 43.7 Å². The second-order valence-electron chi connectivity index (χ2n) is 7.47. The van der Waals surface area contributed by atoms with Crippen LogP contribution in [0.1, 0.15) is 37.8 Å². The van der Waals surface area contributed by atoms with Gasteiger partial charge < -0.3 is 15.5 Å². The summed E-state index contributed by atoms with van der Waals surface area (Å²) in [7, 11) is 1.84. The molecule has 2 atom stereocenters. The monoisotopic (exact) mass is 359 g/mol. The van der Waals surface area contributed by atoms with Gasteiger partial charge in [-0.3, -0.25) is 9.89 Å². The van der Waals surface area contributed by atoms with Gasteiger partial charge >= 0.3 is 0 Å². The van der Waals surface area contributed by atoms with Gasteiger partial charge in [0.25, 0.3) is 0 Å². The highest BCUT2D eigenvalue weighted by Crippen LogP contribution is 2.15. The summed E-state index contributed by atoms with van der Waals surface area (Å²) in [6.45, 7) is 16.6. The van der Waals surface area contributed by atoms with Gasteiger partial charge in [0.05, 0.1) is 0 Å². The Morgan fingerprint density at radius 2 is 1.81 bits per heavy atom. The van der Waals surface area contributed by atoms with Crippen molar-refractivity contribution in [2.75, 3.05) is 52.9 Å². The van der Waals surface area contributed by atoms with E-state index in [1.807, 2.05) is 7.05 Å². The predicted octanol–water partition coefficient (Wildman–Crippen LogP) is 2.29. The highest BCUT2D eigenvalue weighted by atomic mass is 15.3. The van der Waals surface area contributed by atoms with Crippen LogP contribution in [0, 0.1) is 6.92 Å². The molecule has 1 fully saturated rings. The second-order valence-corrected chi connectivity index (χ2v) is 7.47. The first kappa shape index (κ1) is 20.7. The molecule has 0 saturated carbocycles. The number of likely N-dealkylation sites (N-methyl/N-ethyl adjacent to an activating group) is 1. The maximum Gasteiger partial charge on any atom is 0.191 e. The Morgan fingerprint density at radius 3 is 2.42 bits per heavy atom. The smallest absolute Gasteiger partial charge is 0.191 e. The van der Waals surface area contributed by atoms with Crippen molar-refractivity contribution in [2.45, 2.75) is 39.7 Å². The second kappa shape index (κ2) is 10.5. The minimum Gasteiger partial charge on any atom is -0.356 e. The minimum absolute atomic E-state index is 0.452. The van der Waals surface area contributed by atoms with Crippen LogP contribution in [0.2, 0.25) is 0 Å². The fourth-order valence-electron chi connectivity index (χ4n) is 3.46. The van der Waals surface area contributed by atoms with E-state index in [2.05, 4.69) is 77.4 Å². The highest BCUT2D eigenvalue weighted by molar-refractivity contribution is 5.79. The molecule has 0 spiro atoms. The van der Waals surface area contributed by atoms with E-state index >= 15 is 0 Å². The molecule has 5 nitrogen and oxygen atoms in total. The molecule has 26 heavy (non-hydrogen) atoms. The number of hydrogen-bond acceptors (Lipinski definition) is 3. The fraction of sp³-hybridized carbons (Fsp3) is 0.667. The standard InChI is InChI=1S/C21H37N5/c1-6-25-10-12-26(13-11-25)19(4)16-24-21(22-5)23-15-18(3)20-9-7-8-17(2)14-20/h7-9,14,18-19H,6,10-13,15-16H2,1-5H3,(H2,22,23,24). The van der Waals surface area contributed by atoms with Gasteiger partial charge in [-0.05, 0) is 31.9 Å². The zero-order valence-electron chi connectivity index (χ0n) is 17.3. The highest BCUT2D eigenvalue weighted by Gasteiger charge is 2.20. The first-order chi connectivity index (χ1) is 12.5. The average Bonchev–Trinajstić information content (AvgIpc) is 2.67. The number of hydrogen-bond donors (Lipinski definition) is 2. The summed E-state index contributed by atoms with van der Waals surface area (Å²) >= 11 is 0. The third kappa shape index (κ3) is 6.29. The number of nitrogens with one attached hydrogen (secondary N) is 2. The van der Waals surface area contributed by atoms with E-state index in [1.165, 1.54) is 24.2 Å². The van der Waals surface area contributed by atoms with E-state index in [0.717, 1.165) is 38.7 Å². The van der Waals surface area contributed by atoms with Gasteiger partial charge in [-0.25, -0.2) is 0 Å². The van der Waals surface area contributed by atoms with Crippen LogP contribution >= 0.6 is 0 Å². The third-order valence-electron chi connectivity index (χ3n) is 5.45. The van der Waals surface area contributed by atoms with Gasteiger partial charge in [0.2, 0.25) is 0 Å². The Hall–Kier alpha value is -1.59. The molecule has 2 rings (SSSR count). The summed E-state index contributed by atoms with van der Waals surface area (Å²) in [5.41, 5.74) is 2.68.